The number of nitrogens with zero attached hydrogens (tertiary/aromatic N) is 3. The summed E-state index contributed by atoms with van der Waals surface area (Å²) in [5.74, 6) is 0.870. The van der Waals surface area contributed by atoms with Gasteiger partial charge in [-0.1, -0.05) is 0 Å². The van der Waals surface area contributed by atoms with Crippen LogP contribution in [0.25, 0.3) is 0 Å². The fourth-order valence-electron chi connectivity index (χ4n) is 3.18. The van der Waals surface area contributed by atoms with Crippen molar-refractivity contribution in [2.24, 2.45) is 0 Å². The van der Waals surface area contributed by atoms with Crippen LogP contribution in [-0.2, 0) is 6.42 Å². The summed E-state index contributed by atoms with van der Waals surface area (Å²) >= 11 is 1.83. The number of amides is 1. The third kappa shape index (κ3) is 2.94. The molecule has 0 aliphatic carbocycles. The lowest BCUT2D eigenvalue weighted by Crippen LogP contribution is -2.37. The maximum atomic E-state index is 12.8. The second kappa shape index (κ2) is 6.46. The topological polar surface area (TPSA) is 45.7 Å². The molecule has 0 aromatic carbocycles. The molecule has 3 heterocycles. The van der Waals surface area contributed by atoms with Gasteiger partial charge in [0.1, 0.15) is 11.4 Å². The number of fused-ring (bicyclic) bond motifs is 1. The Hall–Kier alpha value is -1.27. The summed E-state index contributed by atoms with van der Waals surface area (Å²) < 4.78 is 5.57. The van der Waals surface area contributed by atoms with Crippen molar-refractivity contribution in [3.63, 3.8) is 0 Å². The van der Waals surface area contributed by atoms with Crippen LogP contribution in [0.3, 0.4) is 0 Å². The first-order chi connectivity index (χ1) is 10.6. The molecule has 3 rings (SSSR count). The van der Waals surface area contributed by atoms with Crippen molar-refractivity contribution in [2.75, 3.05) is 40.0 Å². The molecule has 120 valence electrons. The highest BCUT2D eigenvalue weighted by Gasteiger charge is 2.36. The molecule has 6 heteroatoms. The molecule has 0 radical (unpaired) electrons. The van der Waals surface area contributed by atoms with Gasteiger partial charge in [-0.25, -0.2) is 4.98 Å². The number of hydrogen-bond acceptors (Lipinski definition) is 5. The Morgan fingerprint density at radius 3 is 2.95 bits per heavy atom. The Morgan fingerprint density at radius 1 is 1.45 bits per heavy atom. The molecule has 2 aliphatic heterocycles. The highest BCUT2D eigenvalue weighted by molar-refractivity contribution is 7.99. The van der Waals surface area contributed by atoms with Crippen LogP contribution in [0.2, 0.25) is 0 Å². The minimum atomic E-state index is 0.0387. The first-order valence-corrected chi connectivity index (χ1v) is 8.99. The van der Waals surface area contributed by atoms with E-state index in [1.807, 2.05) is 22.7 Å². The van der Waals surface area contributed by atoms with Gasteiger partial charge in [0.05, 0.1) is 12.8 Å². The predicted molar refractivity (Wildman–Crippen MR) is 88.7 cm³/mol. The highest BCUT2D eigenvalue weighted by atomic mass is 32.2. The summed E-state index contributed by atoms with van der Waals surface area (Å²) in [4.78, 5) is 21.2. The zero-order valence-electron chi connectivity index (χ0n) is 13.4. The maximum Gasteiger partial charge on any atom is 0.272 e. The summed E-state index contributed by atoms with van der Waals surface area (Å²) in [6.45, 7) is 2.30. The number of carbonyl (C=O) groups excluding carboxylic acids is 1. The smallest absolute Gasteiger partial charge is 0.272 e. The summed E-state index contributed by atoms with van der Waals surface area (Å²) in [5, 5.41) is 0.458. The summed E-state index contributed by atoms with van der Waals surface area (Å²) in [7, 11) is 4.16. The molecule has 5 nitrogen and oxygen atoms in total. The molecule has 1 amide bonds. The number of thioether (sulfide) groups is 1. The quantitative estimate of drug-likeness (QED) is 0.845. The van der Waals surface area contributed by atoms with Gasteiger partial charge >= 0.3 is 0 Å². The molecule has 0 bridgehead atoms. The Labute approximate surface area is 136 Å². The number of pyridine rings is 1. The molecule has 2 aliphatic rings. The van der Waals surface area contributed by atoms with Gasteiger partial charge in [0.2, 0.25) is 0 Å². The molecule has 1 fully saturated rings. The highest BCUT2D eigenvalue weighted by Crippen LogP contribution is 2.27. The number of likely N-dealkylation sites (tertiary alicyclic amines) is 1. The molecule has 0 unspecified atom stereocenters. The Morgan fingerprint density at radius 2 is 2.27 bits per heavy atom. The average molecular weight is 321 g/mol. The van der Waals surface area contributed by atoms with Crippen LogP contribution in [-0.4, -0.2) is 72.0 Å². The van der Waals surface area contributed by atoms with Crippen molar-refractivity contribution in [3.8, 4) is 5.75 Å². The van der Waals surface area contributed by atoms with E-state index in [2.05, 4.69) is 30.2 Å². The van der Waals surface area contributed by atoms with E-state index in [1.54, 1.807) is 6.20 Å². The van der Waals surface area contributed by atoms with Gasteiger partial charge in [-0.15, -0.1) is 0 Å². The molecule has 0 N–H and O–H groups in total. The van der Waals surface area contributed by atoms with Crippen LogP contribution < -0.4 is 4.74 Å². The molecule has 0 spiro atoms. The lowest BCUT2D eigenvalue weighted by molar-refractivity contribution is 0.0777. The van der Waals surface area contributed by atoms with Crippen LogP contribution in [0.1, 0.15) is 22.5 Å². The third-order valence-electron chi connectivity index (χ3n) is 4.51. The van der Waals surface area contributed by atoms with Crippen LogP contribution in [0.5, 0.6) is 5.75 Å². The fourth-order valence-corrected chi connectivity index (χ4v) is 4.16. The van der Waals surface area contributed by atoms with E-state index in [1.165, 1.54) is 0 Å². The van der Waals surface area contributed by atoms with Crippen molar-refractivity contribution in [3.05, 3.63) is 23.5 Å². The largest absolute Gasteiger partial charge is 0.492 e. The first kappa shape index (κ1) is 15.6. The van der Waals surface area contributed by atoms with E-state index in [-0.39, 0.29) is 5.91 Å². The molecule has 1 aromatic heterocycles. The second-order valence-electron chi connectivity index (χ2n) is 6.14. The Balaban J connectivity index is 1.77. The molecule has 22 heavy (non-hydrogen) atoms. The van der Waals surface area contributed by atoms with Crippen molar-refractivity contribution in [1.29, 1.82) is 0 Å². The van der Waals surface area contributed by atoms with Crippen molar-refractivity contribution >= 4 is 17.7 Å². The van der Waals surface area contributed by atoms with Gasteiger partial charge < -0.3 is 14.5 Å². The maximum absolute atomic E-state index is 12.8. The van der Waals surface area contributed by atoms with E-state index in [0.717, 1.165) is 43.9 Å². The second-order valence-corrected chi connectivity index (χ2v) is 7.22. The molecular formula is C16H23N3O2S. The minimum Gasteiger partial charge on any atom is -0.492 e. The fraction of sp³-hybridized carbons (Fsp3) is 0.625. The lowest BCUT2D eigenvalue weighted by atomic mass is 10.1. The number of likely N-dealkylation sites (N-methyl/N-ethyl adjacent to an activating group) is 1. The monoisotopic (exact) mass is 321 g/mol. The van der Waals surface area contributed by atoms with Gasteiger partial charge in [0, 0.05) is 24.4 Å². The number of aromatic nitrogens is 1. The van der Waals surface area contributed by atoms with Crippen molar-refractivity contribution in [2.45, 2.75) is 24.1 Å². The summed E-state index contributed by atoms with van der Waals surface area (Å²) in [6.07, 6.45) is 5.79. The van der Waals surface area contributed by atoms with Gasteiger partial charge in [-0.05, 0) is 44.8 Å². The third-order valence-corrected chi connectivity index (χ3v) is 5.57. The first-order valence-electron chi connectivity index (χ1n) is 7.70. The number of rotatable bonds is 3. The Bertz CT molecular complexity index is 564. The van der Waals surface area contributed by atoms with Gasteiger partial charge in [-0.2, -0.15) is 11.8 Å². The molecular weight excluding hydrogens is 298 g/mol. The van der Waals surface area contributed by atoms with Crippen LogP contribution in [0.4, 0.5) is 0 Å². The SMILES string of the molecule is CS[C@H]1CN(C(=O)c2cc3c(cn2)OCCC3)C[C@H]1N(C)C. The van der Waals surface area contributed by atoms with E-state index in [4.69, 9.17) is 4.74 Å². The zero-order chi connectivity index (χ0) is 15.7. The number of ether oxygens (including phenoxy) is 1. The predicted octanol–water partition coefficient (Wildman–Crippen LogP) is 1.52. The van der Waals surface area contributed by atoms with Crippen molar-refractivity contribution < 1.29 is 9.53 Å². The normalized spacial score (nSPS) is 24.3. The number of aryl methyl sites for hydroxylation is 1. The summed E-state index contributed by atoms with van der Waals surface area (Å²) in [5.41, 5.74) is 1.65. The molecule has 0 saturated carbocycles. The van der Waals surface area contributed by atoms with Crippen LogP contribution >= 0.6 is 11.8 Å². The summed E-state index contributed by atoms with van der Waals surface area (Å²) in [6, 6.07) is 2.31. The minimum absolute atomic E-state index is 0.0387. The molecule has 1 aromatic rings. The van der Waals surface area contributed by atoms with Gasteiger partial charge in [0.25, 0.3) is 5.91 Å². The number of hydrogen-bond donors (Lipinski definition) is 0. The zero-order valence-corrected chi connectivity index (χ0v) is 14.2. The average Bonchev–Trinajstić information content (AvgIpc) is 2.98. The van der Waals surface area contributed by atoms with E-state index in [9.17, 15) is 4.79 Å². The lowest BCUT2D eigenvalue weighted by Gasteiger charge is -2.23. The molecule has 2 atom stereocenters. The Kier molecular flexibility index (Phi) is 4.59. The molecule has 1 saturated heterocycles. The van der Waals surface area contributed by atoms with Crippen LogP contribution in [0, 0.1) is 0 Å². The van der Waals surface area contributed by atoms with E-state index >= 15 is 0 Å². The van der Waals surface area contributed by atoms with Gasteiger partial charge in [0.15, 0.2) is 0 Å². The standard InChI is InChI=1S/C16H23N3O2S/c1-18(2)13-9-19(10-15(13)22-3)16(20)12-7-11-5-4-6-21-14(11)8-17-12/h7-8,13,15H,4-6,9-10H2,1-3H3/t13-,15+/m1/s1. The van der Waals surface area contributed by atoms with E-state index in [0.29, 0.717) is 17.0 Å². The van der Waals surface area contributed by atoms with Crippen LogP contribution in [0.15, 0.2) is 12.3 Å². The number of carbonyl (C=O) groups is 1. The van der Waals surface area contributed by atoms with Crippen molar-refractivity contribution in [1.82, 2.24) is 14.8 Å². The van der Waals surface area contributed by atoms with Gasteiger partial charge in [-0.3, -0.25) is 4.79 Å². The van der Waals surface area contributed by atoms with E-state index < -0.39 is 0 Å².